The van der Waals surface area contributed by atoms with Crippen LogP contribution in [0.3, 0.4) is 0 Å². The Morgan fingerprint density at radius 1 is 1.27 bits per heavy atom. The quantitative estimate of drug-likeness (QED) is 0.434. The molecule has 0 aliphatic carbocycles. The maximum Gasteiger partial charge on any atom is 0.267 e. The molecule has 152 valence electrons. The van der Waals surface area contributed by atoms with Crippen LogP contribution in [0.25, 0.3) is 6.08 Å². The Labute approximate surface area is 178 Å². The van der Waals surface area contributed by atoms with Crippen molar-refractivity contribution in [2.45, 2.75) is 13.5 Å². The summed E-state index contributed by atoms with van der Waals surface area (Å²) in [4.78, 5) is 12.3. The molecule has 30 heavy (non-hydrogen) atoms. The Morgan fingerprint density at radius 2 is 2.07 bits per heavy atom. The molecule has 0 aliphatic rings. The van der Waals surface area contributed by atoms with E-state index in [1.807, 2.05) is 24.3 Å². The molecule has 3 rings (SSSR count). The lowest BCUT2D eigenvalue weighted by atomic mass is 10.1. The van der Waals surface area contributed by atoms with E-state index in [4.69, 9.17) is 25.6 Å². The summed E-state index contributed by atoms with van der Waals surface area (Å²) in [5.74, 6) is 1.16. The van der Waals surface area contributed by atoms with Crippen LogP contribution >= 0.6 is 11.6 Å². The molecule has 8 heteroatoms. The van der Waals surface area contributed by atoms with Crippen molar-refractivity contribution in [1.29, 1.82) is 5.26 Å². The summed E-state index contributed by atoms with van der Waals surface area (Å²) in [5.41, 5.74) is 1.35. The van der Waals surface area contributed by atoms with Crippen LogP contribution in [0.15, 0.2) is 58.6 Å². The Hall–Kier alpha value is -3.76. The standard InChI is InChI=1S/C22H18ClN3O4/c1-14-9-21(26-30-14)25-22(27)17(12-24)10-15-7-8-19(20(11-15)28-2)29-13-16-5-3-4-6-18(16)23/h3-11H,13H2,1-2H3,(H,25,26,27). The van der Waals surface area contributed by atoms with Gasteiger partial charge in [-0.15, -0.1) is 0 Å². The zero-order chi connectivity index (χ0) is 21.5. The lowest BCUT2D eigenvalue weighted by Gasteiger charge is -2.12. The number of hydrogen-bond acceptors (Lipinski definition) is 6. The Kier molecular flexibility index (Phi) is 6.73. The fourth-order valence-electron chi connectivity index (χ4n) is 2.59. The molecule has 2 aromatic carbocycles. The summed E-state index contributed by atoms with van der Waals surface area (Å²) in [6.45, 7) is 1.97. The number of hydrogen-bond donors (Lipinski definition) is 1. The highest BCUT2D eigenvalue weighted by Crippen LogP contribution is 2.30. The minimum atomic E-state index is -0.594. The molecule has 3 aromatic rings. The van der Waals surface area contributed by atoms with Crippen LogP contribution in [-0.2, 0) is 11.4 Å². The van der Waals surface area contributed by atoms with Crippen molar-refractivity contribution in [3.8, 4) is 17.6 Å². The third kappa shape index (κ3) is 5.19. The maximum atomic E-state index is 12.3. The molecule has 0 saturated carbocycles. The van der Waals surface area contributed by atoms with Crippen LogP contribution in [0.1, 0.15) is 16.9 Å². The molecule has 1 amide bonds. The minimum Gasteiger partial charge on any atom is -0.493 e. The Morgan fingerprint density at radius 3 is 2.73 bits per heavy atom. The molecular weight excluding hydrogens is 406 g/mol. The fourth-order valence-corrected chi connectivity index (χ4v) is 2.78. The lowest BCUT2D eigenvalue weighted by Crippen LogP contribution is -2.13. The van der Waals surface area contributed by atoms with Crippen molar-refractivity contribution in [1.82, 2.24) is 5.16 Å². The van der Waals surface area contributed by atoms with E-state index in [2.05, 4.69) is 10.5 Å². The first-order chi connectivity index (χ1) is 14.5. The molecule has 1 heterocycles. The lowest BCUT2D eigenvalue weighted by molar-refractivity contribution is -0.112. The molecule has 0 aliphatic heterocycles. The Bertz CT molecular complexity index is 1130. The molecule has 1 aromatic heterocycles. The van der Waals surface area contributed by atoms with Gasteiger partial charge in [0.05, 0.1) is 7.11 Å². The minimum absolute atomic E-state index is 0.0950. The van der Waals surface area contributed by atoms with Crippen molar-refractivity contribution >= 4 is 29.4 Å². The first-order valence-corrected chi connectivity index (χ1v) is 9.28. The number of anilines is 1. The van der Waals surface area contributed by atoms with E-state index in [1.54, 1.807) is 37.3 Å². The molecule has 0 atom stereocenters. The zero-order valence-corrected chi connectivity index (χ0v) is 17.1. The first-order valence-electron chi connectivity index (χ1n) is 8.91. The molecular formula is C22H18ClN3O4. The SMILES string of the molecule is COc1cc(C=C(C#N)C(=O)Nc2cc(C)on2)ccc1OCc1ccccc1Cl. The van der Waals surface area contributed by atoms with Crippen molar-refractivity contribution < 1.29 is 18.8 Å². The van der Waals surface area contributed by atoms with Gasteiger partial charge in [-0.1, -0.05) is 41.0 Å². The predicted octanol–water partition coefficient (Wildman–Crippen LogP) is 4.77. The van der Waals surface area contributed by atoms with Crippen molar-refractivity contribution in [2.24, 2.45) is 0 Å². The van der Waals surface area contributed by atoms with E-state index in [0.29, 0.717) is 27.8 Å². The number of ether oxygens (including phenoxy) is 2. The number of halogens is 1. The van der Waals surface area contributed by atoms with Gasteiger partial charge in [0.2, 0.25) is 0 Å². The molecule has 0 unspecified atom stereocenters. The Balaban J connectivity index is 1.76. The number of benzene rings is 2. The number of nitriles is 1. The maximum absolute atomic E-state index is 12.3. The van der Waals surface area contributed by atoms with E-state index in [1.165, 1.54) is 13.2 Å². The average molecular weight is 424 g/mol. The molecule has 1 N–H and O–H groups in total. The monoisotopic (exact) mass is 423 g/mol. The van der Waals surface area contributed by atoms with Gasteiger partial charge in [0.1, 0.15) is 24.0 Å². The second-order valence-electron chi connectivity index (χ2n) is 6.24. The summed E-state index contributed by atoms with van der Waals surface area (Å²) in [7, 11) is 1.51. The third-order valence-corrected chi connectivity index (χ3v) is 4.44. The summed E-state index contributed by atoms with van der Waals surface area (Å²) in [6.07, 6.45) is 1.45. The highest BCUT2D eigenvalue weighted by atomic mass is 35.5. The number of rotatable bonds is 7. The number of carbonyl (C=O) groups is 1. The molecule has 0 radical (unpaired) electrons. The molecule has 7 nitrogen and oxygen atoms in total. The summed E-state index contributed by atoms with van der Waals surface area (Å²) < 4.78 is 16.1. The fraction of sp³-hybridized carbons (Fsp3) is 0.136. The summed E-state index contributed by atoms with van der Waals surface area (Å²) in [6, 6.07) is 15.9. The number of nitrogens with one attached hydrogen (secondary N) is 1. The van der Waals surface area contributed by atoms with Crippen LogP contribution in [0.2, 0.25) is 5.02 Å². The van der Waals surface area contributed by atoms with Gasteiger partial charge in [-0.25, -0.2) is 0 Å². The van der Waals surface area contributed by atoms with Gasteiger partial charge in [-0.05, 0) is 36.8 Å². The van der Waals surface area contributed by atoms with E-state index in [0.717, 1.165) is 5.56 Å². The van der Waals surface area contributed by atoms with Gasteiger partial charge in [0, 0.05) is 16.7 Å². The number of methoxy groups -OCH3 is 1. The number of carbonyl (C=O) groups excluding carboxylic acids is 1. The van der Waals surface area contributed by atoms with Crippen LogP contribution in [-0.4, -0.2) is 18.2 Å². The van der Waals surface area contributed by atoms with Crippen molar-refractivity contribution in [3.63, 3.8) is 0 Å². The van der Waals surface area contributed by atoms with E-state index >= 15 is 0 Å². The van der Waals surface area contributed by atoms with Gasteiger partial charge < -0.3 is 19.3 Å². The van der Waals surface area contributed by atoms with Crippen molar-refractivity contribution in [3.05, 3.63) is 76.0 Å². The highest BCUT2D eigenvalue weighted by Gasteiger charge is 2.13. The third-order valence-electron chi connectivity index (χ3n) is 4.07. The van der Waals surface area contributed by atoms with Gasteiger partial charge in [-0.3, -0.25) is 4.79 Å². The van der Waals surface area contributed by atoms with Crippen LogP contribution in [0.5, 0.6) is 11.5 Å². The first kappa shape index (κ1) is 21.0. The smallest absolute Gasteiger partial charge is 0.267 e. The number of aryl methyl sites for hydroxylation is 1. The van der Waals surface area contributed by atoms with Crippen LogP contribution < -0.4 is 14.8 Å². The van der Waals surface area contributed by atoms with E-state index in [9.17, 15) is 10.1 Å². The average Bonchev–Trinajstić information content (AvgIpc) is 3.16. The predicted molar refractivity (Wildman–Crippen MR) is 112 cm³/mol. The van der Waals surface area contributed by atoms with Crippen molar-refractivity contribution in [2.75, 3.05) is 12.4 Å². The number of nitrogens with zero attached hydrogens (tertiary/aromatic N) is 2. The second-order valence-corrected chi connectivity index (χ2v) is 6.64. The van der Waals surface area contributed by atoms with E-state index < -0.39 is 5.91 Å². The normalized spacial score (nSPS) is 10.9. The van der Waals surface area contributed by atoms with Gasteiger partial charge in [0.15, 0.2) is 17.3 Å². The van der Waals surface area contributed by atoms with Crippen LogP contribution in [0, 0.1) is 18.3 Å². The number of amides is 1. The van der Waals surface area contributed by atoms with Gasteiger partial charge >= 0.3 is 0 Å². The zero-order valence-electron chi connectivity index (χ0n) is 16.3. The molecule has 0 fully saturated rings. The number of aromatic nitrogens is 1. The largest absolute Gasteiger partial charge is 0.493 e. The summed E-state index contributed by atoms with van der Waals surface area (Å²) in [5, 5.41) is 16.2. The van der Waals surface area contributed by atoms with Gasteiger partial charge in [0.25, 0.3) is 5.91 Å². The van der Waals surface area contributed by atoms with E-state index in [-0.39, 0.29) is 18.0 Å². The highest BCUT2D eigenvalue weighted by molar-refractivity contribution is 6.31. The molecule has 0 saturated heterocycles. The topological polar surface area (TPSA) is 97.4 Å². The second kappa shape index (κ2) is 9.63. The van der Waals surface area contributed by atoms with Gasteiger partial charge in [-0.2, -0.15) is 5.26 Å². The molecule has 0 bridgehead atoms. The van der Waals surface area contributed by atoms with Crippen LogP contribution in [0.4, 0.5) is 5.82 Å². The molecule has 0 spiro atoms. The summed E-state index contributed by atoms with van der Waals surface area (Å²) >= 11 is 6.15.